The first-order chi connectivity index (χ1) is 26.1. The quantitative estimate of drug-likeness (QED) is 0.0310. The van der Waals surface area contributed by atoms with E-state index in [-0.39, 0.29) is 35.7 Å². The number of methoxy groups -OCH3 is 1. The highest BCUT2D eigenvalue weighted by Crippen LogP contribution is 2.76. The number of carbonyl (C=O) groups excluding carboxylic acids is 4. The van der Waals surface area contributed by atoms with Crippen molar-refractivity contribution in [3.63, 3.8) is 0 Å². The fraction of sp³-hybridized carbons (Fsp3) is 0.867. The first kappa shape index (κ1) is 47.0. The molecule has 0 aromatic heterocycles. The summed E-state index contributed by atoms with van der Waals surface area (Å²) in [7, 11) is 2.56. The van der Waals surface area contributed by atoms with Gasteiger partial charge in [0.25, 0.3) is 0 Å². The Kier molecular flexibility index (Phi) is 15.7. The molecule has 4 rings (SSSR count). The van der Waals surface area contributed by atoms with Gasteiger partial charge in [0.05, 0.1) is 17.9 Å². The van der Waals surface area contributed by atoms with E-state index in [2.05, 4.69) is 61.5 Å². The molecule has 2 unspecified atom stereocenters. The number of carbonyl (C=O) groups is 4. The molecule has 0 amide bonds. The Morgan fingerprint density at radius 3 is 2.29 bits per heavy atom. The largest absolute Gasteiger partial charge is 0.463 e. The van der Waals surface area contributed by atoms with Crippen molar-refractivity contribution in [2.75, 3.05) is 32.7 Å². The monoisotopic (exact) mass is 822 g/mol. The van der Waals surface area contributed by atoms with Gasteiger partial charge in [-0.25, -0.2) is 4.79 Å². The van der Waals surface area contributed by atoms with Crippen LogP contribution in [-0.4, -0.2) is 62.7 Å². The molecule has 0 bridgehead atoms. The maximum atomic E-state index is 13.0. The van der Waals surface area contributed by atoms with Crippen molar-refractivity contribution in [2.45, 2.75) is 159 Å². The summed E-state index contributed by atoms with van der Waals surface area (Å²) in [6.07, 6.45) is 15.2. The molecular formula is C45H74O9S2. The minimum Gasteiger partial charge on any atom is -0.463 e. The molecule has 4 aliphatic carbocycles. The van der Waals surface area contributed by atoms with E-state index >= 15 is 0 Å². The van der Waals surface area contributed by atoms with Gasteiger partial charge in [0.2, 0.25) is 0 Å². The van der Waals surface area contributed by atoms with Gasteiger partial charge in [-0.1, -0.05) is 86.8 Å². The second kappa shape index (κ2) is 18.7. The smallest absolute Gasteiger partial charge is 0.344 e. The Morgan fingerprint density at radius 1 is 0.893 bits per heavy atom. The summed E-state index contributed by atoms with van der Waals surface area (Å²) in [5.74, 6) is -0.572. The summed E-state index contributed by atoms with van der Waals surface area (Å²) in [5, 5.41) is 0. The lowest BCUT2D eigenvalue weighted by Crippen LogP contribution is -2.59. The van der Waals surface area contributed by atoms with E-state index in [0.29, 0.717) is 28.8 Å². The molecule has 0 aliphatic heterocycles. The maximum absolute atomic E-state index is 13.0. The van der Waals surface area contributed by atoms with Crippen LogP contribution in [-0.2, 0) is 42.3 Å². The lowest BCUT2D eigenvalue weighted by Gasteiger charge is -2.66. The number of hydrogen-bond donors (Lipinski definition) is 0. The molecule has 56 heavy (non-hydrogen) atoms. The van der Waals surface area contributed by atoms with Crippen molar-refractivity contribution in [3.8, 4) is 0 Å². The summed E-state index contributed by atoms with van der Waals surface area (Å²) in [4.78, 5) is 50.3. The normalized spacial score (nSPS) is 32.0. The lowest BCUT2D eigenvalue weighted by molar-refractivity contribution is -0.169. The van der Waals surface area contributed by atoms with E-state index < -0.39 is 41.8 Å². The number of allylic oxidation sites excluding steroid dienone is 1. The molecule has 0 spiro atoms. The zero-order valence-electron chi connectivity index (χ0n) is 36.8. The van der Waals surface area contributed by atoms with E-state index in [1.54, 1.807) is 20.8 Å². The van der Waals surface area contributed by atoms with Crippen LogP contribution in [0.25, 0.3) is 0 Å². The van der Waals surface area contributed by atoms with Gasteiger partial charge in [0.1, 0.15) is 29.5 Å². The first-order valence-electron chi connectivity index (χ1n) is 21.3. The molecule has 0 aromatic carbocycles. The average molecular weight is 823 g/mol. The molecule has 9 nitrogen and oxygen atoms in total. The van der Waals surface area contributed by atoms with Gasteiger partial charge in [-0.15, -0.1) is 0 Å². The molecule has 4 aliphatic rings. The SMILES string of the molecule is COCCOC(=O)CSSOC(=O)C(C)(C)CC(C)C(=O)OCC(=O)OC1CC[C@@]2(C)C(=CC[C@H]3[C@]4(C)CC[C@](C)(C(C)(C)CCCC(C)C)[C@H]4CC[C@@]32C)C1. The third-order valence-corrected chi connectivity index (χ3v) is 17.2. The third-order valence-electron chi connectivity index (χ3n) is 15.7. The van der Waals surface area contributed by atoms with Crippen LogP contribution in [0.3, 0.4) is 0 Å². The van der Waals surface area contributed by atoms with Gasteiger partial charge in [-0.2, -0.15) is 0 Å². The minimum atomic E-state index is -0.999. The fourth-order valence-corrected chi connectivity index (χ4v) is 13.0. The highest BCUT2D eigenvalue weighted by atomic mass is 33.1. The molecule has 11 heteroatoms. The zero-order chi connectivity index (χ0) is 41.7. The number of ether oxygens (including phenoxy) is 4. The summed E-state index contributed by atoms with van der Waals surface area (Å²) in [6.45, 7) is 25.2. The molecule has 0 aromatic rings. The van der Waals surface area contributed by atoms with Crippen LogP contribution in [0, 0.1) is 56.2 Å². The zero-order valence-corrected chi connectivity index (χ0v) is 38.4. The van der Waals surface area contributed by atoms with E-state index in [9.17, 15) is 19.2 Å². The highest BCUT2D eigenvalue weighted by Gasteiger charge is 2.68. The third kappa shape index (κ3) is 10.00. The minimum absolute atomic E-state index is 0.00957. The van der Waals surface area contributed by atoms with Crippen LogP contribution < -0.4 is 0 Å². The molecule has 0 heterocycles. The van der Waals surface area contributed by atoms with Crippen molar-refractivity contribution in [3.05, 3.63) is 11.6 Å². The summed E-state index contributed by atoms with van der Waals surface area (Å²) >= 11 is 0.794. The van der Waals surface area contributed by atoms with Crippen LogP contribution in [0.2, 0.25) is 0 Å². The van der Waals surface area contributed by atoms with Crippen molar-refractivity contribution in [2.24, 2.45) is 56.2 Å². The summed E-state index contributed by atoms with van der Waals surface area (Å²) < 4.78 is 26.4. The number of hydrogen-bond acceptors (Lipinski definition) is 11. The molecule has 0 saturated heterocycles. The van der Waals surface area contributed by atoms with Crippen LogP contribution >= 0.6 is 21.9 Å². The molecule has 0 N–H and O–H groups in total. The number of fused-ring (bicyclic) bond motifs is 5. The number of rotatable bonds is 19. The van der Waals surface area contributed by atoms with Crippen LogP contribution in [0.5, 0.6) is 0 Å². The van der Waals surface area contributed by atoms with Gasteiger partial charge >= 0.3 is 23.9 Å². The average Bonchev–Trinajstić information content (AvgIpc) is 3.40. The number of esters is 3. The van der Waals surface area contributed by atoms with Crippen LogP contribution in [0.1, 0.15) is 153 Å². The Hall–Kier alpha value is -1.72. The predicted molar refractivity (Wildman–Crippen MR) is 224 cm³/mol. The van der Waals surface area contributed by atoms with E-state index in [1.165, 1.54) is 57.6 Å². The lowest BCUT2D eigenvalue weighted by atomic mass is 9.38. The topological polar surface area (TPSA) is 114 Å². The van der Waals surface area contributed by atoms with Gasteiger partial charge in [0.15, 0.2) is 6.61 Å². The second-order valence-electron chi connectivity index (χ2n) is 20.3. The second-order valence-corrected chi connectivity index (χ2v) is 22.3. The molecule has 8 atom stereocenters. The van der Waals surface area contributed by atoms with Crippen LogP contribution in [0.15, 0.2) is 11.6 Å². The standard InChI is InChI=1S/C45H74O9S2/c1-30(2)14-13-19-41(6,7)44(10)23-22-42(8)34-16-15-32-26-33(17-20-43(32,9)45(34,11)21-18-35(42)44)53-36(46)28-52-38(48)31(3)27-40(4,5)39(49)54-56-55-29-37(47)51-25-24-50-12/h15,30-31,33-35H,13-14,16-29H2,1-12H3/t31?,33?,34-,35-,42-,43-,44-,45-/m0/s1. The summed E-state index contributed by atoms with van der Waals surface area (Å²) in [5.41, 5.74) is 1.70. The van der Waals surface area contributed by atoms with Gasteiger partial charge in [-0.05, 0) is 127 Å². The van der Waals surface area contributed by atoms with E-state index in [4.69, 9.17) is 23.1 Å². The molecule has 0 radical (unpaired) electrons. The van der Waals surface area contributed by atoms with Gasteiger partial charge in [0, 0.05) is 13.5 Å². The van der Waals surface area contributed by atoms with Crippen molar-refractivity contribution < 1.29 is 42.3 Å². The molecule has 3 saturated carbocycles. The van der Waals surface area contributed by atoms with Crippen molar-refractivity contribution >= 4 is 45.7 Å². The van der Waals surface area contributed by atoms with Gasteiger partial charge in [-0.3, -0.25) is 14.4 Å². The van der Waals surface area contributed by atoms with Gasteiger partial charge < -0.3 is 23.1 Å². The van der Waals surface area contributed by atoms with E-state index in [1.807, 2.05) is 0 Å². The van der Waals surface area contributed by atoms with E-state index in [0.717, 1.165) is 59.4 Å². The first-order valence-corrected chi connectivity index (χ1v) is 23.5. The fourth-order valence-electron chi connectivity index (χ4n) is 11.7. The Balaban J connectivity index is 1.26. The Morgan fingerprint density at radius 2 is 1.61 bits per heavy atom. The Bertz CT molecular complexity index is 1440. The maximum Gasteiger partial charge on any atom is 0.344 e. The van der Waals surface area contributed by atoms with Crippen molar-refractivity contribution in [1.29, 1.82) is 0 Å². The van der Waals surface area contributed by atoms with Crippen LogP contribution in [0.4, 0.5) is 0 Å². The summed E-state index contributed by atoms with van der Waals surface area (Å²) in [6, 6.07) is 0. The molecular weight excluding hydrogens is 749 g/mol. The molecule has 3 fully saturated rings. The Labute approximate surface area is 346 Å². The highest BCUT2D eigenvalue weighted by molar-refractivity contribution is 8.75. The predicted octanol–water partition coefficient (Wildman–Crippen LogP) is 10.7. The molecule has 320 valence electrons. The van der Waals surface area contributed by atoms with Crippen molar-refractivity contribution in [1.82, 2.24) is 0 Å².